The number of aromatic nitrogens is 3. The second-order valence-electron chi connectivity index (χ2n) is 6.55. The van der Waals surface area contributed by atoms with Crippen LogP contribution >= 0.6 is 0 Å². The molecule has 1 aromatic rings. The minimum atomic E-state index is 0.190. The van der Waals surface area contributed by atoms with Gasteiger partial charge in [-0.1, -0.05) is 13.8 Å². The summed E-state index contributed by atoms with van der Waals surface area (Å²) in [6, 6.07) is 0.390. The molecule has 2 atom stereocenters. The molecule has 2 rings (SSSR count). The van der Waals surface area contributed by atoms with Crippen LogP contribution in [0.3, 0.4) is 0 Å². The number of guanidine groups is 1. The maximum Gasteiger partial charge on any atom is 0.191 e. The molecule has 0 bridgehead atoms. The molecule has 0 aliphatic heterocycles. The van der Waals surface area contributed by atoms with E-state index in [0.29, 0.717) is 18.7 Å². The Kier molecular flexibility index (Phi) is 7.23. The average Bonchev–Trinajstić information content (AvgIpc) is 3.07. The highest BCUT2D eigenvalue weighted by molar-refractivity contribution is 5.80. The fraction of sp³-hybridized carbons (Fsp3) is 0.833. The molecule has 25 heavy (non-hydrogen) atoms. The van der Waals surface area contributed by atoms with Gasteiger partial charge in [-0.3, -0.25) is 0 Å². The minimum absolute atomic E-state index is 0.190. The first kappa shape index (κ1) is 19.7. The zero-order valence-electron chi connectivity index (χ0n) is 16.4. The van der Waals surface area contributed by atoms with Crippen LogP contribution in [-0.2, 0) is 17.8 Å². The van der Waals surface area contributed by atoms with Gasteiger partial charge in [-0.2, -0.15) is 0 Å². The van der Waals surface area contributed by atoms with Crippen LogP contribution in [-0.4, -0.2) is 46.0 Å². The lowest BCUT2D eigenvalue weighted by molar-refractivity contribution is -0.133. The minimum Gasteiger partial charge on any atom is -0.378 e. The van der Waals surface area contributed by atoms with Gasteiger partial charge in [0.05, 0.1) is 6.10 Å². The number of nitrogens with zero attached hydrogens (tertiary/aromatic N) is 4. The Bertz CT molecular complexity index is 552. The van der Waals surface area contributed by atoms with Crippen LogP contribution < -0.4 is 10.6 Å². The monoisotopic (exact) mass is 350 g/mol. The standard InChI is InChI=1S/C18H34N6O/c1-6-18(7-2)14(11-15(18)25-10-5)22-17(19-8-3)20-12-16-23-21-13-24(16)9-4/h13-15H,6-12H2,1-5H3,(H2,19,20,22). The van der Waals surface area contributed by atoms with E-state index < -0.39 is 0 Å². The van der Waals surface area contributed by atoms with E-state index in [0.717, 1.165) is 50.7 Å². The molecule has 1 aliphatic rings. The zero-order valence-corrected chi connectivity index (χ0v) is 16.4. The highest BCUT2D eigenvalue weighted by atomic mass is 16.5. The molecule has 1 fully saturated rings. The van der Waals surface area contributed by atoms with Crippen LogP contribution in [0.25, 0.3) is 0 Å². The molecule has 0 radical (unpaired) electrons. The van der Waals surface area contributed by atoms with Crippen LogP contribution in [0.5, 0.6) is 0 Å². The third kappa shape index (κ3) is 4.14. The predicted molar refractivity (Wildman–Crippen MR) is 100 cm³/mol. The van der Waals surface area contributed by atoms with E-state index in [1.807, 2.05) is 4.57 Å². The van der Waals surface area contributed by atoms with Crippen LogP contribution in [0.15, 0.2) is 11.3 Å². The number of aliphatic imine (C=N–C) groups is 1. The molecule has 2 N–H and O–H groups in total. The van der Waals surface area contributed by atoms with Crippen molar-refractivity contribution in [3.05, 3.63) is 12.2 Å². The number of nitrogens with one attached hydrogen (secondary N) is 2. The van der Waals surface area contributed by atoms with Crippen molar-refractivity contribution in [2.75, 3.05) is 13.2 Å². The van der Waals surface area contributed by atoms with Crippen molar-refractivity contribution in [3.63, 3.8) is 0 Å². The summed E-state index contributed by atoms with van der Waals surface area (Å²) in [5.41, 5.74) is 0.190. The first-order valence-corrected chi connectivity index (χ1v) is 9.68. The lowest BCUT2D eigenvalue weighted by atomic mass is 9.58. The Morgan fingerprint density at radius 1 is 1.32 bits per heavy atom. The second-order valence-corrected chi connectivity index (χ2v) is 6.55. The third-order valence-corrected chi connectivity index (χ3v) is 5.54. The molecule has 1 heterocycles. The van der Waals surface area contributed by atoms with Crippen molar-refractivity contribution >= 4 is 5.96 Å². The Balaban J connectivity index is 2.06. The quantitative estimate of drug-likeness (QED) is 0.528. The zero-order chi connectivity index (χ0) is 18.3. The molecule has 7 heteroatoms. The molecular weight excluding hydrogens is 316 g/mol. The molecule has 0 amide bonds. The van der Waals surface area contributed by atoms with Crippen molar-refractivity contribution in [1.82, 2.24) is 25.4 Å². The molecule has 142 valence electrons. The third-order valence-electron chi connectivity index (χ3n) is 5.54. The van der Waals surface area contributed by atoms with Crippen molar-refractivity contribution < 1.29 is 4.74 Å². The van der Waals surface area contributed by atoms with Crippen LogP contribution in [0.4, 0.5) is 0 Å². The smallest absolute Gasteiger partial charge is 0.191 e. The SMILES string of the molecule is CCNC(=NCc1nncn1CC)NC1CC(OCC)C1(CC)CC. The largest absolute Gasteiger partial charge is 0.378 e. The van der Waals surface area contributed by atoms with Crippen molar-refractivity contribution in [2.24, 2.45) is 10.4 Å². The second kappa shape index (κ2) is 9.17. The van der Waals surface area contributed by atoms with Gasteiger partial charge < -0.3 is 19.9 Å². The van der Waals surface area contributed by atoms with Crippen molar-refractivity contribution in [2.45, 2.75) is 79.1 Å². The van der Waals surface area contributed by atoms with Gasteiger partial charge >= 0.3 is 0 Å². The molecular formula is C18H34N6O. The number of aryl methyl sites for hydroxylation is 1. The normalized spacial score (nSPS) is 22.5. The van der Waals surface area contributed by atoms with Gasteiger partial charge in [-0.15, -0.1) is 10.2 Å². The molecule has 2 unspecified atom stereocenters. The van der Waals surface area contributed by atoms with Crippen LogP contribution in [0, 0.1) is 5.41 Å². The van der Waals surface area contributed by atoms with E-state index in [-0.39, 0.29) is 5.41 Å². The Morgan fingerprint density at radius 3 is 2.68 bits per heavy atom. The molecule has 1 saturated carbocycles. The maximum absolute atomic E-state index is 5.97. The van der Waals surface area contributed by atoms with Crippen molar-refractivity contribution in [1.29, 1.82) is 0 Å². The fourth-order valence-corrected chi connectivity index (χ4v) is 3.88. The molecule has 0 spiro atoms. The molecule has 7 nitrogen and oxygen atoms in total. The summed E-state index contributed by atoms with van der Waals surface area (Å²) in [6.07, 6.45) is 5.34. The predicted octanol–water partition coefficient (Wildman–Crippen LogP) is 2.34. The first-order chi connectivity index (χ1) is 12.1. The molecule has 0 saturated heterocycles. The van der Waals surface area contributed by atoms with Gasteiger partial charge in [0.1, 0.15) is 12.9 Å². The van der Waals surface area contributed by atoms with Crippen molar-refractivity contribution in [3.8, 4) is 0 Å². The topological polar surface area (TPSA) is 76.4 Å². The van der Waals surface area contributed by atoms with Gasteiger partial charge in [0.25, 0.3) is 0 Å². The summed E-state index contributed by atoms with van der Waals surface area (Å²) < 4.78 is 7.99. The van der Waals surface area contributed by atoms with Gasteiger partial charge in [-0.25, -0.2) is 4.99 Å². The van der Waals surface area contributed by atoms with E-state index in [4.69, 9.17) is 9.73 Å². The van der Waals surface area contributed by atoms with E-state index in [9.17, 15) is 0 Å². The van der Waals surface area contributed by atoms with Gasteiger partial charge in [0, 0.05) is 31.2 Å². The number of hydrogen-bond acceptors (Lipinski definition) is 4. The fourth-order valence-electron chi connectivity index (χ4n) is 3.88. The summed E-state index contributed by atoms with van der Waals surface area (Å²) in [7, 11) is 0. The van der Waals surface area contributed by atoms with E-state index in [2.05, 4.69) is 55.4 Å². The molecule has 1 aliphatic carbocycles. The number of hydrogen-bond donors (Lipinski definition) is 2. The van der Waals surface area contributed by atoms with E-state index >= 15 is 0 Å². The summed E-state index contributed by atoms with van der Waals surface area (Å²) in [5, 5.41) is 15.1. The number of rotatable bonds is 9. The maximum atomic E-state index is 5.97. The summed E-state index contributed by atoms with van der Waals surface area (Å²) in [5.74, 6) is 1.73. The lowest BCUT2D eigenvalue weighted by Crippen LogP contribution is -2.65. The lowest BCUT2D eigenvalue weighted by Gasteiger charge is -2.55. The van der Waals surface area contributed by atoms with Crippen LogP contribution in [0.2, 0.25) is 0 Å². The van der Waals surface area contributed by atoms with Gasteiger partial charge in [0.15, 0.2) is 11.8 Å². The summed E-state index contributed by atoms with van der Waals surface area (Å²) >= 11 is 0. The molecule has 1 aromatic heterocycles. The first-order valence-electron chi connectivity index (χ1n) is 9.68. The number of ether oxygens (including phenoxy) is 1. The average molecular weight is 351 g/mol. The van der Waals surface area contributed by atoms with Gasteiger partial charge in [0.2, 0.25) is 0 Å². The Hall–Kier alpha value is -1.63. The van der Waals surface area contributed by atoms with E-state index in [1.54, 1.807) is 6.33 Å². The Labute approximate surface area is 151 Å². The highest BCUT2D eigenvalue weighted by Gasteiger charge is 2.53. The summed E-state index contributed by atoms with van der Waals surface area (Å²) in [6.45, 7) is 13.8. The van der Waals surface area contributed by atoms with Gasteiger partial charge in [-0.05, 0) is 40.0 Å². The summed E-state index contributed by atoms with van der Waals surface area (Å²) in [4.78, 5) is 4.72. The van der Waals surface area contributed by atoms with Crippen LogP contribution in [0.1, 0.15) is 59.7 Å². The molecule has 0 aromatic carbocycles. The van der Waals surface area contributed by atoms with E-state index in [1.165, 1.54) is 0 Å². The highest BCUT2D eigenvalue weighted by Crippen LogP contribution is 2.48. The Morgan fingerprint density at radius 2 is 2.08 bits per heavy atom.